The Morgan fingerprint density at radius 1 is 1.24 bits per heavy atom. The molecular weight excluding hydrogens is 208 g/mol. The van der Waals surface area contributed by atoms with Crippen LogP contribution < -0.4 is 5.73 Å². The molecule has 2 aromatic rings. The van der Waals surface area contributed by atoms with Gasteiger partial charge in [-0.1, -0.05) is 13.0 Å². The van der Waals surface area contributed by atoms with Crippen LogP contribution in [0.2, 0.25) is 0 Å². The average Bonchev–Trinajstić information content (AvgIpc) is 2.50. The normalized spacial score (nSPS) is 13.3. The molecule has 0 fully saturated rings. The Bertz CT molecular complexity index is 564. The second kappa shape index (κ2) is 4.19. The fraction of sp³-hybridized carbons (Fsp3) is 0.467. The van der Waals surface area contributed by atoms with Crippen LogP contribution in [0, 0.1) is 20.8 Å². The van der Waals surface area contributed by atoms with Crippen LogP contribution in [-0.4, -0.2) is 11.1 Å². The molecular formula is C15H22N2. The van der Waals surface area contributed by atoms with Crippen LogP contribution in [0.5, 0.6) is 0 Å². The quantitative estimate of drug-likeness (QED) is 0.844. The number of benzene rings is 1. The molecule has 1 aromatic heterocycles. The first kappa shape index (κ1) is 12.2. The highest BCUT2D eigenvalue weighted by atomic mass is 15.0. The summed E-state index contributed by atoms with van der Waals surface area (Å²) in [5.74, 6) is 0.409. The fourth-order valence-corrected chi connectivity index (χ4v) is 3.02. The van der Waals surface area contributed by atoms with Crippen LogP contribution in [0.25, 0.3) is 10.9 Å². The molecule has 2 N–H and O–H groups in total. The van der Waals surface area contributed by atoms with Gasteiger partial charge in [0.1, 0.15) is 0 Å². The van der Waals surface area contributed by atoms with Crippen molar-refractivity contribution in [3.63, 3.8) is 0 Å². The molecule has 2 rings (SSSR count). The Labute approximate surface area is 103 Å². The summed E-state index contributed by atoms with van der Waals surface area (Å²) < 4.78 is 2.31. The van der Waals surface area contributed by atoms with E-state index >= 15 is 0 Å². The highest BCUT2D eigenvalue weighted by Crippen LogP contribution is 2.32. The van der Waals surface area contributed by atoms with Crippen LogP contribution in [0.1, 0.15) is 35.2 Å². The zero-order valence-electron chi connectivity index (χ0n) is 11.5. The number of fused-ring (bicyclic) bond motifs is 1. The monoisotopic (exact) mass is 230 g/mol. The molecule has 92 valence electrons. The number of nitrogens with zero attached hydrogens (tertiary/aromatic N) is 1. The van der Waals surface area contributed by atoms with E-state index < -0.39 is 0 Å². The molecule has 1 unspecified atom stereocenters. The van der Waals surface area contributed by atoms with E-state index in [0.717, 1.165) is 0 Å². The molecule has 0 spiro atoms. The lowest BCUT2D eigenvalue weighted by atomic mass is 10.00. The van der Waals surface area contributed by atoms with Gasteiger partial charge in [-0.3, -0.25) is 0 Å². The van der Waals surface area contributed by atoms with Crippen molar-refractivity contribution < 1.29 is 0 Å². The highest BCUT2D eigenvalue weighted by molar-refractivity contribution is 5.89. The van der Waals surface area contributed by atoms with Crippen LogP contribution >= 0.6 is 0 Å². The number of rotatable bonds is 2. The molecule has 2 nitrogen and oxygen atoms in total. The van der Waals surface area contributed by atoms with E-state index in [9.17, 15) is 0 Å². The number of hydrogen-bond donors (Lipinski definition) is 1. The predicted octanol–water partition coefficient (Wildman–Crippen LogP) is 3.17. The molecule has 0 aliphatic carbocycles. The van der Waals surface area contributed by atoms with E-state index in [2.05, 4.69) is 51.4 Å². The maximum atomic E-state index is 5.82. The Morgan fingerprint density at radius 2 is 1.88 bits per heavy atom. The lowest BCUT2D eigenvalue weighted by Gasteiger charge is -2.12. The first-order valence-electron chi connectivity index (χ1n) is 6.23. The third-order valence-electron chi connectivity index (χ3n) is 3.76. The van der Waals surface area contributed by atoms with Crippen molar-refractivity contribution in [3.05, 3.63) is 34.5 Å². The Kier molecular flexibility index (Phi) is 3.00. The zero-order chi connectivity index (χ0) is 12.7. The first-order valence-corrected chi connectivity index (χ1v) is 6.23. The van der Waals surface area contributed by atoms with Gasteiger partial charge in [0.15, 0.2) is 0 Å². The van der Waals surface area contributed by atoms with E-state index in [4.69, 9.17) is 5.73 Å². The Balaban J connectivity index is 2.85. The molecule has 1 aromatic carbocycles. The summed E-state index contributed by atoms with van der Waals surface area (Å²) in [4.78, 5) is 0. The lowest BCUT2D eigenvalue weighted by molar-refractivity contribution is 0.697. The summed E-state index contributed by atoms with van der Waals surface area (Å²) in [6.45, 7) is 9.46. The number of aryl methyl sites for hydroxylation is 4. The molecule has 0 aliphatic heterocycles. The highest BCUT2D eigenvalue weighted by Gasteiger charge is 2.17. The number of hydrogen-bond acceptors (Lipinski definition) is 1. The summed E-state index contributed by atoms with van der Waals surface area (Å²) in [5.41, 5.74) is 12.6. The summed E-state index contributed by atoms with van der Waals surface area (Å²) >= 11 is 0. The van der Waals surface area contributed by atoms with Crippen molar-refractivity contribution in [1.82, 2.24) is 4.57 Å². The van der Waals surface area contributed by atoms with Gasteiger partial charge in [0, 0.05) is 36.1 Å². The summed E-state index contributed by atoms with van der Waals surface area (Å²) in [5, 5.41) is 1.40. The molecule has 0 amide bonds. The second-order valence-corrected chi connectivity index (χ2v) is 5.18. The molecule has 1 atom stereocenters. The molecule has 0 saturated carbocycles. The minimum atomic E-state index is 0.409. The van der Waals surface area contributed by atoms with Crippen molar-refractivity contribution >= 4 is 10.9 Å². The van der Waals surface area contributed by atoms with Crippen LogP contribution in [0.3, 0.4) is 0 Å². The van der Waals surface area contributed by atoms with Crippen LogP contribution in [-0.2, 0) is 7.05 Å². The van der Waals surface area contributed by atoms with Gasteiger partial charge in [-0.05, 0) is 43.5 Å². The van der Waals surface area contributed by atoms with Crippen molar-refractivity contribution in [3.8, 4) is 0 Å². The maximum Gasteiger partial charge on any atom is 0.0488 e. The van der Waals surface area contributed by atoms with Crippen molar-refractivity contribution in [2.24, 2.45) is 12.8 Å². The van der Waals surface area contributed by atoms with Gasteiger partial charge >= 0.3 is 0 Å². The van der Waals surface area contributed by atoms with Crippen LogP contribution in [0.4, 0.5) is 0 Å². The predicted molar refractivity (Wildman–Crippen MR) is 74.6 cm³/mol. The van der Waals surface area contributed by atoms with Crippen molar-refractivity contribution in [1.29, 1.82) is 0 Å². The lowest BCUT2D eigenvalue weighted by Crippen LogP contribution is -2.13. The van der Waals surface area contributed by atoms with Gasteiger partial charge in [-0.25, -0.2) is 0 Å². The van der Waals surface area contributed by atoms with Gasteiger partial charge < -0.3 is 10.3 Å². The van der Waals surface area contributed by atoms with Gasteiger partial charge in [0.25, 0.3) is 0 Å². The number of aromatic nitrogens is 1. The van der Waals surface area contributed by atoms with E-state index in [1.807, 2.05) is 0 Å². The molecule has 17 heavy (non-hydrogen) atoms. The van der Waals surface area contributed by atoms with Gasteiger partial charge in [-0.2, -0.15) is 0 Å². The van der Waals surface area contributed by atoms with E-state index in [1.54, 1.807) is 0 Å². The standard InChI is InChI=1S/C15H22N2/c1-9-6-10(2)14-12(4)15(11(3)8-16)17(5)13(14)7-9/h6-7,11H,8,16H2,1-5H3. The average molecular weight is 230 g/mol. The molecule has 0 radical (unpaired) electrons. The fourth-order valence-electron chi connectivity index (χ4n) is 3.02. The molecule has 2 heteroatoms. The minimum absolute atomic E-state index is 0.409. The van der Waals surface area contributed by atoms with Gasteiger partial charge in [0.05, 0.1) is 0 Å². The van der Waals surface area contributed by atoms with Crippen molar-refractivity contribution in [2.75, 3.05) is 6.54 Å². The second-order valence-electron chi connectivity index (χ2n) is 5.18. The Morgan fingerprint density at radius 3 is 2.47 bits per heavy atom. The molecule has 0 bridgehead atoms. The van der Waals surface area contributed by atoms with E-state index in [-0.39, 0.29) is 0 Å². The topological polar surface area (TPSA) is 30.9 Å². The molecule has 0 saturated heterocycles. The van der Waals surface area contributed by atoms with Crippen molar-refractivity contribution in [2.45, 2.75) is 33.6 Å². The van der Waals surface area contributed by atoms with Gasteiger partial charge in [0.2, 0.25) is 0 Å². The first-order chi connectivity index (χ1) is 7.97. The number of nitrogens with two attached hydrogens (primary N) is 1. The zero-order valence-corrected chi connectivity index (χ0v) is 11.5. The maximum absolute atomic E-state index is 5.82. The summed E-state index contributed by atoms with van der Waals surface area (Å²) in [7, 11) is 2.15. The molecule has 1 heterocycles. The smallest absolute Gasteiger partial charge is 0.0488 e. The summed E-state index contributed by atoms with van der Waals surface area (Å²) in [6, 6.07) is 4.52. The summed E-state index contributed by atoms with van der Waals surface area (Å²) in [6.07, 6.45) is 0. The Hall–Kier alpha value is -1.28. The third-order valence-corrected chi connectivity index (χ3v) is 3.76. The molecule has 0 aliphatic rings. The third kappa shape index (κ3) is 1.77. The van der Waals surface area contributed by atoms with E-state index in [1.165, 1.54) is 33.3 Å². The van der Waals surface area contributed by atoms with Crippen LogP contribution in [0.15, 0.2) is 12.1 Å². The van der Waals surface area contributed by atoms with E-state index in [0.29, 0.717) is 12.5 Å². The largest absolute Gasteiger partial charge is 0.347 e. The van der Waals surface area contributed by atoms with Gasteiger partial charge in [-0.15, -0.1) is 0 Å². The SMILES string of the molecule is Cc1cc(C)c2c(C)c(C(C)CN)n(C)c2c1. The minimum Gasteiger partial charge on any atom is -0.347 e.